The summed E-state index contributed by atoms with van der Waals surface area (Å²) in [4.78, 5) is 126. The van der Waals surface area contributed by atoms with E-state index in [9.17, 15) is 33.9 Å². The van der Waals surface area contributed by atoms with Crippen molar-refractivity contribution in [2.45, 2.75) is 78.2 Å². The summed E-state index contributed by atoms with van der Waals surface area (Å²) in [7, 11) is 3.55. The molecule has 1 aromatic carbocycles. The molecule has 0 spiro atoms. The lowest BCUT2D eigenvalue weighted by Crippen LogP contribution is -2.44. The molecular weight excluding hydrogens is 1280 g/mol. The number of morpholine rings is 1. The molecule has 6 amide bonds. The fourth-order valence-electron chi connectivity index (χ4n) is 10.2. The van der Waals surface area contributed by atoms with Gasteiger partial charge in [-0.05, 0) is 50.6 Å². The van der Waals surface area contributed by atoms with Gasteiger partial charge in [-0.25, -0.2) is 34.9 Å². The maximum absolute atomic E-state index is 14.5. The highest BCUT2D eigenvalue weighted by Crippen LogP contribution is 2.40. The van der Waals surface area contributed by atoms with Crippen LogP contribution in [0.3, 0.4) is 0 Å². The number of amides is 6. The van der Waals surface area contributed by atoms with Crippen LogP contribution < -0.4 is 31.9 Å². The smallest absolute Gasteiger partial charge is 0.271 e. The molecule has 11 rings (SSSR count). The number of aryl methyl sites for hydroxylation is 1. The average Bonchev–Trinajstić information content (AvgIpc) is 1.84. The van der Waals surface area contributed by atoms with E-state index in [-0.39, 0.29) is 46.9 Å². The van der Waals surface area contributed by atoms with Crippen LogP contribution in [0.25, 0.3) is 43.4 Å². The highest BCUT2D eigenvalue weighted by Gasteiger charge is 2.34. The summed E-state index contributed by atoms with van der Waals surface area (Å²) >= 11 is 7.47. The van der Waals surface area contributed by atoms with Crippen molar-refractivity contribution in [2.24, 2.45) is 5.92 Å². The Morgan fingerprint density at radius 1 is 0.681 bits per heavy atom. The predicted molar refractivity (Wildman–Crippen MR) is 355 cm³/mol. The quantitative estimate of drug-likeness (QED) is 0.0553. The Bertz CT molecular complexity index is 3850. The zero-order valence-electron chi connectivity index (χ0n) is 51.4. The average molecular weight is 1350 g/mol. The van der Waals surface area contributed by atoms with Crippen molar-refractivity contribution in [2.75, 3.05) is 86.2 Å². The molecule has 480 valence electrons. The number of nitrogens with one attached hydrogen (secondary N) is 6. The second-order valence-corrected chi connectivity index (χ2v) is 27.7. The number of carbonyl (C=O) groups excluding carboxylic acids is 6. The number of ether oxygens (including phenoxy) is 1. The molecule has 3 aliphatic rings. The molecule has 7 aromatic heterocycles. The van der Waals surface area contributed by atoms with Crippen LogP contribution in [0.5, 0.6) is 0 Å². The molecule has 24 nitrogen and oxygen atoms in total. The molecule has 2 saturated heterocycles. The number of likely N-dealkylation sites (N-methyl/N-ethyl adjacent to an activating group) is 1. The van der Waals surface area contributed by atoms with Gasteiger partial charge in [0.15, 0.2) is 0 Å². The van der Waals surface area contributed by atoms with Crippen molar-refractivity contribution in [1.82, 2.24) is 81.5 Å². The van der Waals surface area contributed by atoms with Gasteiger partial charge in [-0.15, -0.1) is 68.0 Å². The Morgan fingerprint density at radius 3 is 2.14 bits per heavy atom. The molecule has 3 aliphatic heterocycles. The second-order valence-electron chi connectivity index (χ2n) is 21.9. The van der Waals surface area contributed by atoms with E-state index in [4.69, 9.17) is 39.6 Å². The van der Waals surface area contributed by atoms with Crippen molar-refractivity contribution in [3.63, 3.8) is 0 Å². The van der Waals surface area contributed by atoms with Gasteiger partial charge in [0.05, 0.1) is 48.8 Å². The molecule has 4 atom stereocenters. The van der Waals surface area contributed by atoms with E-state index < -0.39 is 54.4 Å². The van der Waals surface area contributed by atoms with Gasteiger partial charge in [-0.1, -0.05) is 58.0 Å². The molecule has 8 aromatic rings. The lowest BCUT2D eigenvalue weighted by atomic mass is 10.0. The topological polar surface area (TPSA) is 304 Å². The minimum Gasteiger partial charge on any atom is -0.386 e. The minimum atomic E-state index is -1.26. The first-order valence-electron chi connectivity index (χ1n) is 30.0. The molecule has 10 bridgehead atoms. The van der Waals surface area contributed by atoms with Crippen molar-refractivity contribution in [3.8, 4) is 43.4 Å². The number of aromatic nitrogens is 7. The van der Waals surface area contributed by atoms with Gasteiger partial charge >= 0.3 is 0 Å². The summed E-state index contributed by atoms with van der Waals surface area (Å²) < 4.78 is 5.46. The summed E-state index contributed by atoms with van der Waals surface area (Å²) in [6.07, 6.45) is -0.684. The number of rotatable bonds is 13. The minimum absolute atomic E-state index is 0.0502. The van der Waals surface area contributed by atoms with Gasteiger partial charge in [-0.3, -0.25) is 38.6 Å². The van der Waals surface area contributed by atoms with Crippen LogP contribution in [0.15, 0.2) is 64.0 Å². The molecule has 4 unspecified atom stereocenters. The number of pyridine rings is 1. The Labute approximate surface area is 550 Å². The molecule has 0 saturated carbocycles. The fraction of sp³-hybridized carbons (Fsp3) is 0.426. The zero-order chi connectivity index (χ0) is 64.3. The first-order valence-corrected chi connectivity index (χ1v) is 35.1. The van der Waals surface area contributed by atoms with E-state index >= 15 is 0 Å². The summed E-state index contributed by atoms with van der Waals surface area (Å²) in [5, 5.41) is 39.0. The van der Waals surface area contributed by atoms with Gasteiger partial charge in [0.25, 0.3) is 23.6 Å². The lowest BCUT2D eigenvalue weighted by molar-refractivity contribution is -0.122. The summed E-state index contributed by atoms with van der Waals surface area (Å²) in [6.45, 7) is 17.2. The number of nitrogens with zero attached hydrogens (tertiary/aromatic N) is 10. The van der Waals surface area contributed by atoms with Gasteiger partial charge in [-0.2, -0.15) is 0 Å². The number of fused-ring (bicyclic) bond motifs is 14. The standard InChI is InChI=1S/C59H66N16O8S6.C2H6/c1-31(2)44-59-72-47(41(89-59)26-75-18-16-73(5)17-19-75)52(81)62-25-43(77)69-48(49(78)33-10-7-6-8-11-33)58-68-40(30-87-58)56-65-37(27-85-56)46-34(12-13-35(63-46)55-67-38(28-86-55)50(79)61-14-9-15-74-20-22-83-23-21-74)54-66-39(29-84-54)51(80)64-36(24-42(76)60-4)57-71-45(32(3)88-57)53(82)70-44;1-2/h6-8,10-13,27-31,36,44,48-49,78H,9,14-26H2,1-5H3,(H,60,76)(H,61,79)(H,62,81)(H,64,80)(H,69,77)(H,70,82);1-2H3. The third-order valence-corrected chi connectivity index (χ3v) is 20.9. The molecule has 91 heavy (non-hydrogen) atoms. The Balaban J connectivity index is 0.00000450. The number of aliphatic hydroxyl groups excluding tert-OH is 1. The summed E-state index contributed by atoms with van der Waals surface area (Å²) in [5.41, 5.74) is 3.31. The van der Waals surface area contributed by atoms with Crippen molar-refractivity contribution < 1.29 is 38.6 Å². The van der Waals surface area contributed by atoms with Crippen LogP contribution in [0.1, 0.15) is 137 Å². The van der Waals surface area contributed by atoms with Crippen molar-refractivity contribution in [3.05, 3.63) is 117 Å². The number of hydrogen-bond acceptors (Lipinski definition) is 24. The van der Waals surface area contributed by atoms with E-state index in [1.165, 1.54) is 75.1 Å². The van der Waals surface area contributed by atoms with Crippen molar-refractivity contribution in [1.29, 1.82) is 0 Å². The molecule has 0 aliphatic carbocycles. The largest absolute Gasteiger partial charge is 0.386 e. The number of aliphatic hydroxyl groups is 1. The Morgan fingerprint density at radius 2 is 1.38 bits per heavy atom. The lowest BCUT2D eigenvalue weighted by Gasteiger charge is -2.32. The normalized spacial score (nSPS) is 18.5. The van der Waals surface area contributed by atoms with E-state index in [0.717, 1.165) is 52.2 Å². The van der Waals surface area contributed by atoms with Crippen molar-refractivity contribution >= 4 is 103 Å². The maximum atomic E-state index is 14.5. The molecule has 10 heterocycles. The maximum Gasteiger partial charge on any atom is 0.271 e. The van der Waals surface area contributed by atoms with E-state index in [2.05, 4.69) is 53.6 Å². The van der Waals surface area contributed by atoms with Crippen LogP contribution in [0.2, 0.25) is 0 Å². The number of carbonyl (C=O) groups is 6. The molecule has 7 N–H and O–H groups in total. The van der Waals surface area contributed by atoms with E-state index in [1.54, 1.807) is 53.4 Å². The molecule has 2 fully saturated rings. The molecular formula is C61H72N16O8S6. The van der Waals surface area contributed by atoms with E-state index in [1.807, 2.05) is 45.2 Å². The second kappa shape index (κ2) is 30.9. The van der Waals surface area contributed by atoms with Crippen LogP contribution in [0.4, 0.5) is 0 Å². The van der Waals surface area contributed by atoms with Gasteiger partial charge < -0.3 is 46.6 Å². The van der Waals surface area contributed by atoms with E-state index in [0.29, 0.717) is 100 Å². The zero-order valence-corrected chi connectivity index (χ0v) is 56.3. The summed E-state index contributed by atoms with van der Waals surface area (Å²) in [5.74, 6) is -3.20. The first kappa shape index (κ1) is 66.7. The van der Waals surface area contributed by atoms with Gasteiger partial charge in [0.1, 0.15) is 82.0 Å². The third kappa shape index (κ3) is 16.3. The molecule has 30 heteroatoms. The molecule has 0 radical (unpaired) electrons. The predicted octanol–water partition coefficient (Wildman–Crippen LogP) is 7.39. The van der Waals surface area contributed by atoms with Gasteiger partial charge in [0.2, 0.25) is 11.8 Å². The number of piperazine rings is 1. The third-order valence-electron chi connectivity index (χ3n) is 15.2. The van der Waals surface area contributed by atoms with Crippen LogP contribution in [-0.4, -0.2) is 176 Å². The SMILES string of the molecule is CC.CNC(=O)CC1NC(=O)c2csc(n2)-c2ccc(-c3nc(C(=O)NCCCN4CCOCC4)cs3)nc2-c2csc(n2)-c2csc(n2)C(C(O)c2ccccc2)NC(=O)CNC(=O)c2nc(sc2CN2CCN(C)CC2)C(C(C)C)NC(=O)c2nc1sc2C. The number of thiazole rings is 6. The Hall–Kier alpha value is -7.23. The van der Waals surface area contributed by atoms with Crippen LogP contribution in [-0.2, 0) is 20.9 Å². The highest BCUT2D eigenvalue weighted by molar-refractivity contribution is 7.15. The van der Waals surface area contributed by atoms with Crippen LogP contribution >= 0.6 is 68.0 Å². The van der Waals surface area contributed by atoms with Gasteiger partial charge in [0, 0.05) is 91.4 Å². The first-order chi connectivity index (χ1) is 44.0. The summed E-state index contributed by atoms with van der Waals surface area (Å²) in [6, 6.07) is 9.77. The highest BCUT2D eigenvalue weighted by atomic mass is 32.1. The number of hydrogen-bond donors (Lipinski definition) is 7. The number of benzene rings is 1. The monoisotopic (exact) mass is 1350 g/mol. The Kier molecular flexibility index (Phi) is 22.7. The van der Waals surface area contributed by atoms with Crippen LogP contribution in [0, 0.1) is 12.8 Å². The fourth-order valence-corrected chi connectivity index (χ4v) is 15.8.